The summed E-state index contributed by atoms with van der Waals surface area (Å²) in [5.41, 5.74) is 7.19. The number of hydrogen-bond donors (Lipinski definition) is 2. The third-order valence-electron chi connectivity index (χ3n) is 2.54. The minimum Gasteiger partial charge on any atom is -0.504 e. The Balaban J connectivity index is 3.41. The van der Waals surface area contributed by atoms with Crippen molar-refractivity contribution in [2.45, 2.75) is 13.8 Å². The molecule has 0 aliphatic heterocycles. The zero-order valence-corrected chi connectivity index (χ0v) is 9.13. The Bertz CT molecular complexity index is 399. The second-order valence-electron chi connectivity index (χ2n) is 3.35. The van der Waals surface area contributed by atoms with Crippen LogP contribution in [0.25, 0.3) is 0 Å². The Morgan fingerprint density at radius 3 is 2.53 bits per heavy atom. The van der Waals surface area contributed by atoms with Gasteiger partial charge in [0.2, 0.25) is 0 Å². The molecule has 4 heteroatoms. The lowest BCUT2D eigenvalue weighted by atomic mass is 9.98. The van der Waals surface area contributed by atoms with E-state index < -0.39 is 0 Å². The van der Waals surface area contributed by atoms with Crippen molar-refractivity contribution in [3.63, 3.8) is 0 Å². The fourth-order valence-electron chi connectivity index (χ4n) is 1.43. The molecule has 0 atom stereocenters. The maximum Gasteiger partial charge on any atom is 0.176 e. The predicted molar refractivity (Wildman–Crippen MR) is 57.5 cm³/mol. The lowest BCUT2D eigenvalue weighted by molar-refractivity contribution is 0.100. The van der Waals surface area contributed by atoms with Gasteiger partial charge in [-0.25, -0.2) is 0 Å². The summed E-state index contributed by atoms with van der Waals surface area (Å²) in [6.07, 6.45) is 0. The molecule has 0 heterocycles. The van der Waals surface area contributed by atoms with Gasteiger partial charge in [0.1, 0.15) is 0 Å². The molecule has 1 aromatic carbocycles. The van der Waals surface area contributed by atoms with E-state index in [1.54, 1.807) is 13.8 Å². The average Bonchev–Trinajstić information content (AvgIpc) is 2.25. The highest BCUT2D eigenvalue weighted by atomic mass is 16.5. The Labute approximate surface area is 88.7 Å². The summed E-state index contributed by atoms with van der Waals surface area (Å²) in [6.45, 7) is 3.46. The van der Waals surface area contributed by atoms with Crippen molar-refractivity contribution in [3.8, 4) is 11.5 Å². The van der Waals surface area contributed by atoms with Gasteiger partial charge in [0.15, 0.2) is 17.3 Å². The first-order chi connectivity index (χ1) is 7.02. The van der Waals surface area contributed by atoms with Crippen LogP contribution in [-0.4, -0.2) is 24.5 Å². The van der Waals surface area contributed by atoms with Crippen molar-refractivity contribution in [2.75, 3.05) is 13.7 Å². The molecule has 0 saturated carbocycles. The summed E-state index contributed by atoms with van der Waals surface area (Å²) in [4.78, 5) is 11.5. The molecule has 0 amide bonds. The van der Waals surface area contributed by atoms with Gasteiger partial charge in [0.25, 0.3) is 0 Å². The number of phenolic OH excluding ortho intramolecular Hbond substituents is 1. The minimum absolute atomic E-state index is 0.0474. The second kappa shape index (κ2) is 4.31. The van der Waals surface area contributed by atoms with Crippen molar-refractivity contribution < 1.29 is 14.6 Å². The van der Waals surface area contributed by atoms with Crippen LogP contribution < -0.4 is 10.5 Å². The SMILES string of the molecule is COc1cc(C(=O)CN)c(C)c(C)c1O. The lowest BCUT2D eigenvalue weighted by Crippen LogP contribution is -2.15. The molecule has 1 rings (SSSR count). The van der Waals surface area contributed by atoms with Gasteiger partial charge in [-0.2, -0.15) is 0 Å². The topological polar surface area (TPSA) is 72.5 Å². The zero-order valence-electron chi connectivity index (χ0n) is 9.13. The molecule has 0 radical (unpaired) electrons. The van der Waals surface area contributed by atoms with Gasteiger partial charge in [-0.3, -0.25) is 4.79 Å². The number of nitrogens with two attached hydrogens (primary N) is 1. The molecule has 0 aliphatic carbocycles. The van der Waals surface area contributed by atoms with Gasteiger partial charge in [-0.05, 0) is 31.0 Å². The fraction of sp³-hybridized carbons (Fsp3) is 0.364. The average molecular weight is 209 g/mol. The first-order valence-electron chi connectivity index (χ1n) is 4.63. The fourth-order valence-corrected chi connectivity index (χ4v) is 1.43. The minimum atomic E-state index is -0.158. The van der Waals surface area contributed by atoms with Crippen LogP contribution in [0.1, 0.15) is 21.5 Å². The highest BCUT2D eigenvalue weighted by Gasteiger charge is 2.15. The number of hydrogen-bond acceptors (Lipinski definition) is 4. The van der Waals surface area contributed by atoms with E-state index in [0.717, 1.165) is 5.56 Å². The standard InChI is InChI=1S/C11H15NO3/c1-6-7(2)11(14)10(15-3)4-8(6)9(13)5-12/h4,14H,5,12H2,1-3H3. The number of carbonyl (C=O) groups is 1. The molecule has 1 aromatic rings. The summed E-state index contributed by atoms with van der Waals surface area (Å²) >= 11 is 0. The molecule has 4 nitrogen and oxygen atoms in total. The number of rotatable bonds is 3. The second-order valence-corrected chi connectivity index (χ2v) is 3.35. The number of methoxy groups -OCH3 is 1. The molecule has 3 N–H and O–H groups in total. The summed E-state index contributed by atoms with van der Waals surface area (Å²) in [6, 6.07) is 1.52. The molecule has 0 bridgehead atoms. The number of ketones is 1. The van der Waals surface area contributed by atoms with Crippen LogP contribution in [0.4, 0.5) is 0 Å². The monoisotopic (exact) mass is 209 g/mol. The number of Topliss-reactive ketones (excluding diaryl/α,β-unsaturated/α-hetero) is 1. The molecule has 0 aliphatic rings. The normalized spacial score (nSPS) is 10.1. The Morgan fingerprint density at radius 1 is 1.47 bits per heavy atom. The van der Waals surface area contributed by atoms with E-state index in [9.17, 15) is 9.90 Å². The molecule has 0 fully saturated rings. The number of benzene rings is 1. The van der Waals surface area contributed by atoms with Crippen LogP contribution in [0.5, 0.6) is 11.5 Å². The number of carbonyl (C=O) groups excluding carboxylic acids is 1. The van der Waals surface area contributed by atoms with E-state index >= 15 is 0 Å². The van der Waals surface area contributed by atoms with Crippen LogP contribution in [0.2, 0.25) is 0 Å². The van der Waals surface area contributed by atoms with Crippen molar-refractivity contribution in [3.05, 3.63) is 22.8 Å². The molecule has 0 unspecified atom stereocenters. The van der Waals surface area contributed by atoms with Crippen molar-refractivity contribution in [1.82, 2.24) is 0 Å². The maximum absolute atomic E-state index is 11.5. The molecule has 82 valence electrons. The molecule has 0 spiro atoms. The van der Waals surface area contributed by atoms with Gasteiger partial charge in [0, 0.05) is 5.56 Å². The first-order valence-corrected chi connectivity index (χ1v) is 4.63. The van der Waals surface area contributed by atoms with Crippen LogP contribution >= 0.6 is 0 Å². The number of phenols is 1. The number of aromatic hydroxyl groups is 1. The van der Waals surface area contributed by atoms with E-state index in [0.29, 0.717) is 16.9 Å². The zero-order chi connectivity index (χ0) is 11.6. The van der Waals surface area contributed by atoms with E-state index in [1.165, 1.54) is 13.2 Å². The largest absolute Gasteiger partial charge is 0.504 e. The highest BCUT2D eigenvalue weighted by Crippen LogP contribution is 2.33. The van der Waals surface area contributed by atoms with Gasteiger partial charge >= 0.3 is 0 Å². The summed E-state index contributed by atoms with van der Waals surface area (Å²) in [7, 11) is 1.44. The van der Waals surface area contributed by atoms with E-state index in [4.69, 9.17) is 10.5 Å². The Kier molecular flexibility index (Phi) is 3.31. The van der Waals surface area contributed by atoms with Gasteiger partial charge in [-0.15, -0.1) is 0 Å². The van der Waals surface area contributed by atoms with Gasteiger partial charge in [0.05, 0.1) is 13.7 Å². The molecule has 0 aromatic heterocycles. The van der Waals surface area contributed by atoms with Crippen LogP contribution in [0.15, 0.2) is 6.07 Å². The van der Waals surface area contributed by atoms with Gasteiger partial charge in [-0.1, -0.05) is 0 Å². The summed E-state index contributed by atoms with van der Waals surface area (Å²) < 4.78 is 4.97. The van der Waals surface area contributed by atoms with E-state index in [2.05, 4.69) is 0 Å². The summed E-state index contributed by atoms with van der Waals surface area (Å²) in [5, 5.41) is 9.69. The maximum atomic E-state index is 11.5. The van der Waals surface area contributed by atoms with Crippen LogP contribution in [0.3, 0.4) is 0 Å². The predicted octanol–water partition coefficient (Wildman–Crippen LogP) is 1.16. The molecular weight excluding hydrogens is 194 g/mol. The quantitative estimate of drug-likeness (QED) is 0.733. The Morgan fingerprint density at radius 2 is 2.07 bits per heavy atom. The molecule has 0 saturated heterocycles. The van der Waals surface area contributed by atoms with E-state index in [1.807, 2.05) is 0 Å². The van der Waals surface area contributed by atoms with Crippen LogP contribution in [0, 0.1) is 13.8 Å². The van der Waals surface area contributed by atoms with Crippen LogP contribution in [-0.2, 0) is 0 Å². The highest BCUT2D eigenvalue weighted by molar-refractivity contribution is 5.99. The van der Waals surface area contributed by atoms with Gasteiger partial charge < -0.3 is 15.6 Å². The number of ether oxygens (including phenoxy) is 1. The smallest absolute Gasteiger partial charge is 0.176 e. The van der Waals surface area contributed by atoms with Crippen molar-refractivity contribution >= 4 is 5.78 Å². The first kappa shape index (κ1) is 11.5. The van der Waals surface area contributed by atoms with Crippen molar-refractivity contribution in [2.24, 2.45) is 5.73 Å². The molecule has 15 heavy (non-hydrogen) atoms. The van der Waals surface area contributed by atoms with E-state index in [-0.39, 0.29) is 18.1 Å². The lowest BCUT2D eigenvalue weighted by Gasteiger charge is -2.12. The Hall–Kier alpha value is -1.55. The molecular formula is C11H15NO3. The summed E-state index contributed by atoms with van der Waals surface area (Å²) in [5.74, 6) is 0.215. The third-order valence-corrected chi connectivity index (χ3v) is 2.54. The third kappa shape index (κ3) is 1.94. The van der Waals surface area contributed by atoms with Crippen molar-refractivity contribution in [1.29, 1.82) is 0 Å².